The van der Waals surface area contributed by atoms with Crippen LogP contribution >= 0.6 is 0 Å². The number of rotatable bonds is 0. The summed E-state index contributed by atoms with van der Waals surface area (Å²) in [7, 11) is 0. The van der Waals surface area contributed by atoms with Crippen molar-refractivity contribution in [3.63, 3.8) is 0 Å². The average Bonchev–Trinajstić information content (AvgIpc) is 2.66. The molecule has 0 atom stereocenters. The Morgan fingerprint density at radius 3 is 1.21 bits per heavy atom. The zero-order chi connectivity index (χ0) is 20.5. The summed E-state index contributed by atoms with van der Waals surface area (Å²) in [5, 5.41) is 0. The lowest BCUT2D eigenvalue weighted by atomic mass is 9.60. The molecule has 3 aromatic carbocycles. The second kappa shape index (κ2) is 4.78. The van der Waals surface area contributed by atoms with E-state index in [0.717, 1.165) is 0 Å². The fraction of sp³-hybridized carbons (Fsp3) is 0.357. The van der Waals surface area contributed by atoms with Gasteiger partial charge in [-0.1, -0.05) is 95.6 Å². The molecule has 1 nitrogen and oxygen atoms in total. The smallest absolute Gasteiger partial charge is 0.0544 e. The van der Waals surface area contributed by atoms with E-state index >= 15 is 0 Å². The van der Waals surface area contributed by atoms with Gasteiger partial charge in [0.15, 0.2) is 0 Å². The molecule has 3 heterocycles. The highest BCUT2D eigenvalue weighted by molar-refractivity contribution is 5.98. The van der Waals surface area contributed by atoms with Crippen LogP contribution in [0, 0.1) is 6.92 Å². The third-order valence-corrected chi connectivity index (χ3v) is 8.04. The zero-order valence-electron chi connectivity index (χ0n) is 18.6. The summed E-state index contributed by atoms with van der Waals surface area (Å²) < 4.78 is 0. The number of benzene rings is 3. The number of hydrogen-bond donors (Lipinski definition) is 0. The number of anilines is 3. The lowest BCUT2D eigenvalue weighted by Gasteiger charge is -2.55. The molecule has 3 aliphatic rings. The van der Waals surface area contributed by atoms with Crippen LogP contribution in [0.4, 0.5) is 17.1 Å². The van der Waals surface area contributed by atoms with Crippen LogP contribution in [0.1, 0.15) is 80.5 Å². The van der Waals surface area contributed by atoms with Crippen molar-refractivity contribution in [3.05, 3.63) is 87.5 Å². The fourth-order valence-electron chi connectivity index (χ4n) is 6.33. The quantitative estimate of drug-likeness (QED) is 0.394. The molecule has 0 N–H and O–H groups in total. The van der Waals surface area contributed by atoms with Gasteiger partial charge in [-0.15, -0.1) is 0 Å². The van der Waals surface area contributed by atoms with E-state index in [-0.39, 0.29) is 16.2 Å². The Balaban J connectivity index is 1.90. The zero-order valence-corrected chi connectivity index (χ0v) is 18.6. The van der Waals surface area contributed by atoms with Gasteiger partial charge in [0.05, 0.1) is 17.1 Å². The topological polar surface area (TPSA) is 3.24 Å². The number of aryl methyl sites for hydroxylation is 1. The van der Waals surface area contributed by atoms with Gasteiger partial charge in [-0.25, -0.2) is 0 Å². The Bertz CT molecular complexity index is 1150. The monoisotopic (exact) mass is 379 g/mol. The molecule has 3 aliphatic heterocycles. The first kappa shape index (κ1) is 17.3. The normalized spacial score (nSPS) is 20.3. The molecule has 6 rings (SSSR count). The van der Waals surface area contributed by atoms with Gasteiger partial charge in [-0.3, -0.25) is 0 Å². The first-order valence-electron chi connectivity index (χ1n) is 10.8. The molecular weight excluding hydrogens is 350 g/mol. The maximum atomic E-state index is 2.63. The van der Waals surface area contributed by atoms with E-state index in [1.807, 2.05) is 0 Å². The van der Waals surface area contributed by atoms with Gasteiger partial charge in [-0.05, 0) is 40.3 Å². The summed E-state index contributed by atoms with van der Waals surface area (Å²) in [5.74, 6) is 0. The predicted molar refractivity (Wildman–Crippen MR) is 122 cm³/mol. The second-order valence-electron chi connectivity index (χ2n) is 10.8. The largest absolute Gasteiger partial charge is 0.309 e. The van der Waals surface area contributed by atoms with Crippen molar-refractivity contribution in [1.82, 2.24) is 0 Å². The standard InChI is InChI=1S/C28H29N/c1-16-14-21-25-22(15-16)28(6,7)20-13-9-11-18-24(20)29(25)23-17(26(18,2)3)10-8-12-19(23)27(21,4)5/h8-15H,1-7H3. The molecule has 0 aromatic heterocycles. The minimum atomic E-state index is -0.0199. The molecule has 0 saturated carbocycles. The van der Waals surface area contributed by atoms with Crippen LogP contribution in [0.2, 0.25) is 0 Å². The molecule has 0 unspecified atom stereocenters. The van der Waals surface area contributed by atoms with Crippen LogP contribution in [-0.4, -0.2) is 0 Å². The number of hydrogen-bond acceptors (Lipinski definition) is 1. The SMILES string of the molecule is Cc1cc2c3c(c1)C(C)(C)c1cccc4c1N3c1c(cccc1C2(C)C)C4(C)C. The van der Waals surface area contributed by atoms with Crippen LogP contribution in [0.3, 0.4) is 0 Å². The van der Waals surface area contributed by atoms with Crippen molar-refractivity contribution in [2.24, 2.45) is 0 Å². The van der Waals surface area contributed by atoms with Crippen LogP contribution in [0.5, 0.6) is 0 Å². The minimum absolute atomic E-state index is 0.0148. The van der Waals surface area contributed by atoms with Gasteiger partial charge in [0.25, 0.3) is 0 Å². The van der Waals surface area contributed by atoms with Crippen LogP contribution in [-0.2, 0) is 16.2 Å². The lowest BCUT2D eigenvalue weighted by Crippen LogP contribution is -2.43. The summed E-state index contributed by atoms with van der Waals surface area (Å²) in [6.45, 7) is 16.7. The van der Waals surface area contributed by atoms with Crippen LogP contribution in [0.15, 0.2) is 48.5 Å². The van der Waals surface area contributed by atoms with E-state index < -0.39 is 0 Å². The molecule has 1 heteroatoms. The van der Waals surface area contributed by atoms with Crippen LogP contribution < -0.4 is 4.90 Å². The van der Waals surface area contributed by atoms with Gasteiger partial charge < -0.3 is 4.90 Å². The lowest BCUT2D eigenvalue weighted by molar-refractivity contribution is 0.566. The Kier molecular flexibility index (Phi) is 2.86. The first-order chi connectivity index (χ1) is 13.6. The van der Waals surface area contributed by atoms with Crippen molar-refractivity contribution in [1.29, 1.82) is 0 Å². The van der Waals surface area contributed by atoms with E-state index in [4.69, 9.17) is 0 Å². The van der Waals surface area contributed by atoms with Crippen molar-refractivity contribution >= 4 is 17.1 Å². The summed E-state index contributed by atoms with van der Waals surface area (Å²) in [5.41, 5.74) is 14.3. The van der Waals surface area contributed by atoms with E-state index in [2.05, 4.69) is 102 Å². The molecule has 0 spiro atoms. The highest BCUT2D eigenvalue weighted by atomic mass is 15.2. The fourth-order valence-corrected chi connectivity index (χ4v) is 6.33. The van der Waals surface area contributed by atoms with Gasteiger partial charge in [0, 0.05) is 16.2 Å². The summed E-state index contributed by atoms with van der Waals surface area (Å²) in [4.78, 5) is 2.63. The summed E-state index contributed by atoms with van der Waals surface area (Å²) in [6.07, 6.45) is 0. The second-order valence-corrected chi connectivity index (χ2v) is 10.8. The molecule has 146 valence electrons. The Labute approximate surface area is 174 Å². The predicted octanol–water partition coefficient (Wildman–Crippen LogP) is 7.38. The van der Waals surface area contributed by atoms with Crippen molar-refractivity contribution in [3.8, 4) is 0 Å². The van der Waals surface area contributed by atoms with E-state index in [0.29, 0.717) is 0 Å². The minimum Gasteiger partial charge on any atom is -0.309 e. The molecule has 0 bridgehead atoms. The molecule has 0 radical (unpaired) electrons. The summed E-state index contributed by atoms with van der Waals surface area (Å²) in [6, 6.07) is 18.8. The van der Waals surface area contributed by atoms with Gasteiger partial charge >= 0.3 is 0 Å². The Morgan fingerprint density at radius 2 is 0.828 bits per heavy atom. The number of nitrogens with zero attached hydrogens (tertiary/aromatic N) is 1. The summed E-state index contributed by atoms with van der Waals surface area (Å²) >= 11 is 0. The molecule has 0 saturated heterocycles. The van der Waals surface area contributed by atoms with E-state index in [1.165, 1.54) is 56.0 Å². The number of para-hydroxylation sites is 2. The Hall–Kier alpha value is -2.54. The average molecular weight is 380 g/mol. The van der Waals surface area contributed by atoms with E-state index in [1.54, 1.807) is 0 Å². The molecule has 0 amide bonds. The Morgan fingerprint density at radius 1 is 0.517 bits per heavy atom. The van der Waals surface area contributed by atoms with Crippen LogP contribution in [0.25, 0.3) is 0 Å². The van der Waals surface area contributed by atoms with E-state index in [9.17, 15) is 0 Å². The maximum absolute atomic E-state index is 2.63. The third-order valence-electron chi connectivity index (χ3n) is 8.04. The molecular formula is C28H29N. The van der Waals surface area contributed by atoms with Gasteiger partial charge in [0.1, 0.15) is 0 Å². The van der Waals surface area contributed by atoms with Gasteiger partial charge in [0.2, 0.25) is 0 Å². The van der Waals surface area contributed by atoms with Crippen molar-refractivity contribution in [2.45, 2.75) is 64.7 Å². The highest BCUT2D eigenvalue weighted by Gasteiger charge is 2.51. The maximum Gasteiger partial charge on any atom is 0.0544 e. The third kappa shape index (κ3) is 1.75. The van der Waals surface area contributed by atoms with Crippen molar-refractivity contribution in [2.75, 3.05) is 4.90 Å². The molecule has 3 aromatic rings. The van der Waals surface area contributed by atoms with Gasteiger partial charge in [-0.2, -0.15) is 0 Å². The molecule has 0 fully saturated rings. The molecule has 0 aliphatic carbocycles. The van der Waals surface area contributed by atoms with Crippen molar-refractivity contribution < 1.29 is 0 Å². The molecule has 29 heavy (non-hydrogen) atoms. The highest BCUT2D eigenvalue weighted by Crippen LogP contribution is 2.65. The first-order valence-corrected chi connectivity index (χ1v) is 10.8.